The van der Waals surface area contributed by atoms with E-state index in [9.17, 15) is 9.59 Å². The predicted molar refractivity (Wildman–Crippen MR) is 142 cm³/mol. The van der Waals surface area contributed by atoms with Crippen LogP contribution in [-0.2, 0) is 4.79 Å². The lowest BCUT2D eigenvalue weighted by atomic mass is 10.1. The normalized spacial score (nSPS) is 19.5. The third-order valence-electron chi connectivity index (χ3n) is 7.56. The number of fused-ring (bicyclic) bond motifs is 1. The maximum absolute atomic E-state index is 12.8. The first-order valence-corrected chi connectivity index (χ1v) is 13.0. The zero-order chi connectivity index (χ0) is 25.9. The average Bonchev–Trinajstić information content (AvgIpc) is 3.41. The molecule has 1 saturated carbocycles. The van der Waals surface area contributed by atoms with Crippen molar-refractivity contribution in [2.24, 2.45) is 0 Å². The number of ether oxygens (including phenoxy) is 1. The van der Waals surface area contributed by atoms with Gasteiger partial charge in [-0.15, -0.1) is 0 Å². The number of hydrogen-bond acceptors (Lipinski definition) is 9. The summed E-state index contributed by atoms with van der Waals surface area (Å²) in [5.74, 6) is 1.61. The van der Waals surface area contributed by atoms with Gasteiger partial charge >= 0.3 is 0 Å². The molecule has 2 fully saturated rings. The van der Waals surface area contributed by atoms with Crippen LogP contribution >= 0.6 is 0 Å². The number of amides is 2. The Morgan fingerprint density at radius 1 is 1.08 bits per heavy atom. The maximum Gasteiger partial charge on any atom is 0.265 e. The molecule has 11 heteroatoms. The van der Waals surface area contributed by atoms with Crippen LogP contribution in [0.1, 0.15) is 42.5 Å². The van der Waals surface area contributed by atoms with Crippen LogP contribution in [-0.4, -0.2) is 91.7 Å². The molecule has 0 atom stereocenters. The molecule has 2 aromatic rings. The molecule has 198 valence electrons. The van der Waals surface area contributed by atoms with Crippen LogP contribution in [0.3, 0.4) is 0 Å². The molecular weight excluding hydrogens is 472 g/mol. The van der Waals surface area contributed by atoms with E-state index in [0.29, 0.717) is 42.0 Å². The molecule has 1 aliphatic carbocycles. The molecule has 1 aromatic carbocycles. The first-order chi connectivity index (χ1) is 17.9. The van der Waals surface area contributed by atoms with Gasteiger partial charge in [0.25, 0.3) is 5.91 Å². The largest absolute Gasteiger partial charge is 0.495 e. The van der Waals surface area contributed by atoms with Crippen molar-refractivity contribution in [3.63, 3.8) is 0 Å². The highest BCUT2D eigenvalue weighted by Gasteiger charge is 2.31. The Bertz CT molecular complexity index is 1140. The van der Waals surface area contributed by atoms with Crippen LogP contribution in [0.15, 0.2) is 24.4 Å². The minimum Gasteiger partial charge on any atom is -0.495 e. The van der Waals surface area contributed by atoms with Crippen molar-refractivity contribution >= 4 is 35.0 Å². The molecule has 0 radical (unpaired) electrons. The van der Waals surface area contributed by atoms with E-state index in [4.69, 9.17) is 9.72 Å². The van der Waals surface area contributed by atoms with Crippen molar-refractivity contribution in [1.29, 1.82) is 0 Å². The maximum atomic E-state index is 12.8. The first-order valence-electron chi connectivity index (χ1n) is 13.0. The monoisotopic (exact) mass is 508 g/mol. The topological polar surface area (TPSA) is 106 Å². The number of rotatable bonds is 6. The van der Waals surface area contributed by atoms with Gasteiger partial charge < -0.3 is 24.8 Å². The van der Waals surface area contributed by atoms with E-state index in [1.54, 1.807) is 43.5 Å². The molecule has 0 bridgehead atoms. The van der Waals surface area contributed by atoms with Gasteiger partial charge in [-0.2, -0.15) is 4.98 Å². The number of carbonyl (C=O) groups is 2. The van der Waals surface area contributed by atoms with Crippen LogP contribution < -0.4 is 25.3 Å². The number of hydrazine groups is 1. The van der Waals surface area contributed by atoms with E-state index in [2.05, 4.69) is 32.6 Å². The van der Waals surface area contributed by atoms with Gasteiger partial charge in [-0.3, -0.25) is 15.0 Å². The fourth-order valence-corrected chi connectivity index (χ4v) is 5.25. The number of carbonyl (C=O) groups excluding carboxylic acids is 2. The Balaban J connectivity index is 1.36. The van der Waals surface area contributed by atoms with Gasteiger partial charge in [0.2, 0.25) is 11.9 Å². The van der Waals surface area contributed by atoms with Crippen LogP contribution in [0.25, 0.3) is 0 Å². The van der Waals surface area contributed by atoms with E-state index >= 15 is 0 Å². The van der Waals surface area contributed by atoms with E-state index in [1.165, 1.54) is 12.8 Å². The van der Waals surface area contributed by atoms with E-state index in [1.807, 2.05) is 5.01 Å². The lowest BCUT2D eigenvalue weighted by Crippen LogP contribution is -2.52. The fourth-order valence-electron chi connectivity index (χ4n) is 5.25. The Labute approximate surface area is 217 Å². The van der Waals surface area contributed by atoms with Crippen LogP contribution in [0.5, 0.6) is 5.75 Å². The molecule has 2 amide bonds. The third-order valence-corrected chi connectivity index (χ3v) is 7.56. The van der Waals surface area contributed by atoms with E-state index in [0.717, 1.165) is 50.5 Å². The van der Waals surface area contributed by atoms with Gasteiger partial charge in [-0.1, -0.05) is 12.8 Å². The summed E-state index contributed by atoms with van der Waals surface area (Å²) >= 11 is 0. The molecule has 1 aromatic heterocycles. The molecule has 2 N–H and O–H groups in total. The van der Waals surface area contributed by atoms with Crippen molar-refractivity contribution in [2.75, 3.05) is 69.0 Å². The molecule has 0 unspecified atom stereocenters. The second kappa shape index (κ2) is 10.9. The minimum absolute atomic E-state index is 0.0677. The van der Waals surface area contributed by atoms with Gasteiger partial charge in [0, 0.05) is 57.8 Å². The minimum atomic E-state index is -0.171. The Hall–Kier alpha value is -3.44. The van der Waals surface area contributed by atoms with E-state index in [-0.39, 0.29) is 11.8 Å². The van der Waals surface area contributed by atoms with Gasteiger partial charge in [-0.05, 0) is 38.1 Å². The number of nitrogens with zero attached hydrogens (tertiary/aromatic N) is 6. The first kappa shape index (κ1) is 25.2. The zero-order valence-electron chi connectivity index (χ0n) is 21.9. The molecule has 3 aliphatic rings. The van der Waals surface area contributed by atoms with Gasteiger partial charge in [0.15, 0.2) is 5.82 Å². The molecule has 3 heterocycles. The van der Waals surface area contributed by atoms with Gasteiger partial charge in [0.1, 0.15) is 11.4 Å². The number of aromatic nitrogens is 2. The van der Waals surface area contributed by atoms with Crippen molar-refractivity contribution in [1.82, 2.24) is 25.3 Å². The summed E-state index contributed by atoms with van der Waals surface area (Å²) in [5.41, 5.74) is 4.88. The number of nitrogens with one attached hydrogen (secondary N) is 2. The molecule has 11 nitrogen and oxygen atoms in total. The Kier molecular flexibility index (Phi) is 7.43. The van der Waals surface area contributed by atoms with Gasteiger partial charge in [0.05, 0.1) is 19.0 Å². The summed E-state index contributed by atoms with van der Waals surface area (Å²) < 4.78 is 5.60. The summed E-state index contributed by atoms with van der Waals surface area (Å²) in [7, 11) is 5.43. The summed E-state index contributed by atoms with van der Waals surface area (Å²) in [6.07, 6.45) is 6.77. The summed E-state index contributed by atoms with van der Waals surface area (Å²) in [6, 6.07) is 5.66. The summed E-state index contributed by atoms with van der Waals surface area (Å²) in [5, 5.41) is 5.21. The van der Waals surface area contributed by atoms with Crippen LogP contribution in [0.2, 0.25) is 0 Å². The lowest BCUT2D eigenvalue weighted by Gasteiger charge is -2.32. The number of methoxy groups -OCH3 is 1. The number of likely N-dealkylation sites (N-methyl/N-ethyl adjacent to an activating group) is 1. The van der Waals surface area contributed by atoms with Crippen molar-refractivity contribution in [3.8, 4) is 5.75 Å². The average molecular weight is 509 g/mol. The van der Waals surface area contributed by atoms with Crippen molar-refractivity contribution in [3.05, 3.63) is 30.0 Å². The Morgan fingerprint density at radius 2 is 1.84 bits per heavy atom. The standard InChI is InChI=1S/C26H36N8O3/c1-31-12-14-33(15-13-31)30-25(36)18-8-9-20(22(16-18)37-3)28-26-27-17-21-24(29-26)34(19-6-4-5-7-19)11-10-23(35)32(21)2/h8-9,16-17,19H,4-7,10-15H2,1-3H3,(H,30,36)(H,27,28,29). The SMILES string of the molecule is COc1cc(C(=O)NN2CCN(C)CC2)ccc1Nc1ncc2c(n1)N(C1CCCC1)CCC(=O)N2C. The lowest BCUT2D eigenvalue weighted by molar-refractivity contribution is -0.118. The quantitative estimate of drug-likeness (QED) is 0.608. The van der Waals surface area contributed by atoms with Crippen LogP contribution in [0, 0.1) is 0 Å². The summed E-state index contributed by atoms with van der Waals surface area (Å²) in [4.78, 5) is 41.0. The highest BCUT2D eigenvalue weighted by atomic mass is 16.5. The molecule has 1 saturated heterocycles. The molecule has 2 aliphatic heterocycles. The fraction of sp³-hybridized carbons (Fsp3) is 0.538. The summed E-state index contributed by atoms with van der Waals surface area (Å²) in [6.45, 7) is 4.04. The number of benzene rings is 1. The Morgan fingerprint density at radius 3 is 2.57 bits per heavy atom. The smallest absolute Gasteiger partial charge is 0.265 e. The van der Waals surface area contributed by atoms with Crippen LogP contribution in [0.4, 0.5) is 23.1 Å². The zero-order valence-corrected chi connectivity index (χ0v) is 21.9. The second-order valence-corrected chi connectivity index (χ2v) is 10.0. The van der Waals surface area contributed by atoms with Gasteiger partial charge in [-0.25, -0.2) is 9.99 Å². The third kappa shape index (κ3) is 5.47. The molecule has 0 spiro atoms. The molecular formula is C26H36N8O3. The molecule has 37 heavy (non-hydrogen) atoms. The second-order valence-electron chi connectivity index (χ2n) is 10.0. The number of hydrogen-bond donors (Lipinski definition) is 2. The number of piperazine rings is 1. The highest BCUT2D eigenvalue weighted by molar-refractivity contribution is 5.97. The van der Waals surface area contributed by atoms with Crippen molar-refractivity contribution < 1.29 is 14.3 Å². The number of anilines is 4. The highest BCUT2D eigenvalue weighted by Crippen LogP contribution is 2.37. The van der Waals surface area contributed by atoms with Crippen molar-refractivity contribution in [2.45, 2.75) is 38.1 Å². The van der Waals surface area contributed by atoms with E-state index < -0.39 is 0 Å². The molecule has 5 rings (SSSR count). The predicted octanol–water partition coefficient (Wildman–Crippen LogP) is 2.24.